The van der Waals surface area contributed by atoms with Gasteiger partial charge in [-0.15, -0.1) is 15.3 Å². The zero-order chi connectivity index (χ0) is 22.8. The third-order valence-electron chi connectivity index (χ3n) is 5.47. The van der Waals surface area contributed by atoms with Crippen LogP contribution >= 0.6 is 0 Å². The summed E-state index contributed by atoms with van der Waals surface area (Å²) in [6, 6.07) is 28.6. The highest BCUT2D eigenvalue weighted by Gasteiger charge is 2.11. The van der Waals surface area contributed by atoms with E-state index in [1.54, 1.807) is 6.07 Å². The zero-order valence-electron chi connectivity index (χ0n) is 18.0. The maximum atomic E-state index is 10.8. The highest BCUT2D eigenvalue weighted by atomic mass is 16.3. The summed E-state index contributed by atoms with van der Waals surface area (Å²) in [6.45, 7) is 1.90. The fraction of sp³-hybridized carbons (Fsp3) is 0.0370. The lowest BCUT2D eigenvalue weighted by molar-refractivity contribution is 0.482. The Morgan fingerprint density at radius 1 is 0.636 bits per heavy atom. The molecule has 0 aliphatic heterocycles. The van der Waals surface area contributed by atoms with Gasteiger partial charge in [0.05, 0.1) is 17.1 Å². The van der Waals surface area contributed by atoms with Gasteiger partial charge in [0.1, 0.15) is 5.69 Å². The Kier molecular flexibility index (Phi) is 5.24. The van der Waals surface area contributed by atoms with Crippen LogP contribution in [0, 0.1) is 6.92 Å². The molecular weight excluding hydrogens is 410 g/mol. The van der Waals surface area contributed by atoms with E-state index in [9.17, 15) is 5.11 Å². The molecular formula is C27H21N5O. The van der Waals surface area contributed by atoms with Crippen molar-refractivity contribution in [2.45, 2.75) is 6.92 Å². The monoisotopic (exact) mass is 431 g/mol. The van der Waals surface area contributed by atoms with Crippen molar-refractivity contribution >= 4 is 50.0 Å². The normalized spacial score (nSPS) is 11.8. The van der Waals surface area contributed by atoms with E-state index < -0.39 is 0 Å². The number of aromatic hydroxyl groups is 1. The van der Waals surface area contributed by atoms with Crippen LogP contribution in [-0.2, 0) is 0 Å². The maximum absolute atomic E-state index is 10.8. The number of phenolic OH excluding ortho intramolecular Hbond substituents is 1. The van der Waals surface area contributed by atoms with Crippen LogP contribution in [0.25, 0.3) is 21.5 Å². The lowest BCUT2D eigenvalue weighted by Gasteiger charge is -2.09. The van der Waals surface area contributed by atoms with Gasteiger partial charge >= 0.3 is 0 Å². The van der Waals surface area contributed by atoms with Gasteiger partial charge in [0.15, 0.2) is 5.75 Å². The predicted molar refractivity (Wildman–Crippen MR) is 134 cm³/mol. The maximum Gasteiger partial charge on any atom is 0.151 e. The highest BCUT2D eigenvalue weighted by molar-refractivity contribution is 6.00. The Labute approximate surface area is 190 Å². The molecule has 0 saturated heterocycles. The summed E-state index contributed by atoms with van der Waals surface area (Å²) in [4.78, 5) is 0. The van der Waals surface area contributed by atoms with Crippen LogP contribution in [-0.4, -0.2) is 5.11 Å². The Balaban J connectivity index is 1.56. The molecule has 5 aromatic rings. The topological polar surface area (TPSA) is 95.7 Å². The van der Waals surface area contributed by atoms with E-state index in [0.717, 1.165) is 33.1 Å². The summed E-state index contributed by atoms with van der Waals surface area (Å²) < 4.78 is 0. The first kappa shape index (κ1) is 20.3. The van der Waals surface area contributed by atoms with E-state index in [1.165, 1.54) is 0 Å². The molecule has 0 saturated carbocycles. The summed E-state index contributed by atoms with van der Waals surface area (Å²) in [6.07, 6.45) is 0. The molecule has 6 nitrogen and oxygen atoms in total. The molecule has 0 radical (unpaired) electrons. The van der Waals surface area contributed by atoms with E-state index in [1.807, 2.05) is 91.9 Å². The van der Waals surface area contributed by atoms with Crippen molar-refractivity contribution in [2.75, 3.05) is 5.73 Å². The number of azo groups is 2. The van der Waals surface area contributed by atoms with Crippen LogP contribution in [0.2, 0.25) is 0 Å². The van der Waals surface area contributed by atoms with Gasteiger partial charge in [0.2, 0.25) is 0 Å². The second kappa shape index (κ2) is 8.51. The Morgan fingerprint density at radius 2 is 1.27 bits per heavy atom. The van der Waals surface area contributed by atoms with E-state index in [-0.39, 0.29) is 5.75 Å². The molecule has 33 heavy (non-hydrogen) atoms. The molecule has 3 N–H and O–H groups in total. The van der Waals surface area contributed by atoms with Crippen LogP contribution in [0.1, 0.15) is 5.56 Å². The lowest BCUT2D eigenvalue weighted by atomic mass is 10.0. The van der Waals surface area contributed by atoms with Crippen molar-refractivity contribution in [3.8, 4) is 5.75 Å². The second-order valence-corrected chi connectivity index (χ2v) is 7.76. The molecule has 5 rings (SSSR count). The first-order chi connectivity index (χ1) is 16.1. The fourth-order valence-electron chi connectivity index (χ4n) is 3.80. The molecule has 0 spiro atoms. The van der Waals surface area contributed by atoms with Crippen molar-refractivity contribution in [3.05, 3.63) is 96.6 Å². The number of anilines is 1. The highest BCUT2D eigenvalue weighted by Crippen LogP contribution is 2.41. The van der Waals surface area contributed by atoms with Crippen LogP contribution in [0.4, 0.5) is 28.4 Å². The van der Waals surface area contributed by atoms with Crippen LogP contribution < -0.4 is 5.73 Å². The van der Waals surface area contributed by atoms with Crippen molar-refractivity contribution in [3.63, 3.8) is 0 Å². The van der Waals surface area contributed by atoms with Crippen LogP contribution in [0.3, 0.4) is 0 Å². The van der Waals surface area contributed by atoms with Gasteiger partial charge in [-0.05, 0) is 60.3 Å². The zero-order valence-corrected chi connectivity index (χ0v) is 18.0. The SMILES string of the molecule is Cc1cc2ccc(N)cc2c(O)c1N=Nc1ccc(N=Nc2ccccc2)c2ccccc12. The number of rotatable bonds is 4. The van der Waals surface area contributed by atoms with Crippen molar-refractivity contribution < 1.29 is 5.11 Å². The summed E-state index contributed by atoms with van der Waals surface area (Å²) >= 11 is 0. The minimum atomic E-state index is 0.0682. The predicted octanol–water partition coefficient (Wildman–Crippen LogP) is 8.42. The minimum Gasteiger partial charge on any atom is -0.505 e. The molecule has 0 atom stereocenters. The Hall–Kier alpha value is -4.58. The number of nitrogens with zero attached hydrogens (tertiary/aromatic N) is 4. The summed E-state index contributed by atoms with van der Waals surface area (Å²) in [5.74, 6) is 0.0682. The van der Waals surface area contributed by atoms with Gasteiger partial charge in [-0.3, -0.25) is 0 Å². The van der Waals surface area contributed by atoms with Crippen molar-refractivity contribution in [2.24, 2.45) is 20.5 Å². The lowest BCUT2D eigenvalue weighted by Crippen LogP contribution is -1.86. The molecule has 0 aromatic heterocycles. The summed E-state index contributed by atoms with van der Waals surface area (Å²) in [7, 11) is 0. The molecule has 0 unspecified atom stereocenters. The average molecular weight is 431 g/mol. The largest absolute Gasteiger partial charge is 0.505 e. The number of nitrogen functional groups attached to an aromatic ring is 1. The standard InChI is InChI=1S/C27H21N5O/c1-17-15-18-11-12-19(28)16-23(18)27(33)26(17)32-31-25-14-13-24(21-9-5-6-10-22(21)25)30-29-20-7-3-2-4-8-20/h2-16,33H,28H2,1H3. The molecule has 0 bridgehead atoms. The van der Waals surface area contributed by atoms with Gasteiger partial charge in [-0.2, -0.15) is 5.11 Å². The van der Waals surface area contributed by atoms with Crippen molar-refractivity contribution in [1.82, 2.24) is 0 Å². The van der Waals surface area contributed by atoms with E-state index in [4.69, 9.17) is 5.73 Å². The molecule has 160 valence electrons. The molecule has 0 aliphatic carbocycles. The Morgan fingerprint density at radius 3 is 1.97 bits per heavy atom. The number of hydrogen-bond acceptors (Lipinski definition) is 6. The molecule has 6 heteroatoms. The first-order valence-corrected chi connectivity index (χ1v) is 10.5. The van der Waals surface area contributed by atoms with Gasteiger partial charge < -0.3 is 10.8 Å². The number of nitrogens with two attached hydrogens (primary N) is 1. The van der Waals surface area contributed by atoms with Crippen molar-refractivity contribution in [1.29, 1.82) is 0 Å². The van der Waals surface area contributed by atoms with Crippen LogP contribution in [0.15, 0.2) is 111 Å². The van der Waals surface area contributed by atoms with E-state index in [2.05, 4.69) is 20.5 Å². The van der Waals surface area contributed by atoms with Gasteiger partial charge in [0.25, 0.3) is 0 Å². The summed E-state index contributed by atoms with van der Waals surface area (Å²) in [5.41, 5.74) is 9.93. The molecule has 0 fully saturated rings. The minimum absolute atomic E-state index is 0.0682. The number of aryl methyl sites for hydroxylation is 1. The number of fused-ring (bicyclic) bond motifs is 2. The van der Waals surface area contributed by atoms with Gasteiger partial charge in [-0.1, -0.05) is 48.5 Å². The third kappa shape index (κ3) is 4.02. The Bertz CT molecular complexity index is 1540. The van der Waals surface area contributed by atoms with E-state index >= 15 is 0 Å². The summed E-state index contributed by atoms with van der Waals surface area (Å²) in [5, 5.41) is 31.9. The number of benzene rings is 5. The van der Waals surface area contributed by atoms with Gasteiger partial charge in [-0.25, -0.2) is 0 Å². The fourth-order valence-corrected chi connectivity index (χ4v) is 3.80. The van der Waals surface area contributed by atoms with Crippen LogP contribution in [0.5, 0.6) is 5.75 Å². The number of phenols is 1. The second-order valence-electron chi connectivity index (χ2n) is 7.76. The smallest absolute Gasteiger partial charge is 0.151 e. The quantitative estimate of drug-likeness (QED) is 0.221. The molecule has 5 aromatic carbocycles. The van der Waals surface area contributed by atoms with Gasteiger partial charge in [0, 0.05) is 21.8 Å². The molecule has 0 heterocycles. The third-order valence-corrected chi connectivity index (χ3v) is 5.47. The molecule has 0 amide bonds. The first-order valence-electron chi connectivity index (χ1n) is 10.5. The average Bonchev–Trinajstić information content (AvgIpc) is 2.84. The van der Waals surface area contributed by atoms with E-state index in [0.29, 0.717) is 22.4 Å². The molecule has 0 aliphatic rings. The number of hydrogen-bond donors (Lipinski definition) is 2.